The molecular formula is C16H22N2O3. The number of methoxy groups -OCH3 is 1. The Labute approximate surface area is 125 Å². The van der Waals surface area contributed by atoms with Crippen molar-refractivity contribution < 1.29 is 14.3 Å². The lowest BCUT2D eigenvalue weighted by molar-refractivity contribution is -0.121. The van der Waals surface area contributed by atoms with Gasteiger partial charge in [0.2, 0.25) is 5.91 Å². The van der Waals surface area contributed by atoms with Crippen LogP contribution in [0.4, 0.5) is 0 Å². The van der Waals surface area contributed by atoms with Gasteiger partial charge >= 0.3 is 0 Å². The highest BCUT2D eigenvalue weighted by Gasteiger charge is 2.24. The lowest BCUT2D eigenvalue weighted by Crippen LogP contribution is -2.46. The predicted octanol–water partition coefficient (Wildman–Crippen LogP) is 1.83. The molecule has 0 aliphatic carbocycles. The molecule has 0 spiro atoms. The van der Waals surface area contributed by atoms with Crippen LogP contribution in [0.5, 0.6) is 5.75 Å². The highest BCUT2D eigenvalue weighted by molar-refractivity contribution is 5.94. The topological polar surface area (TPSA) is 58.6 Å². The van der Waals surface area contributed by atoms with Crippen LogP contribution in [-0.4, -0.2) is 43.0 Å². The largest absolute Gasteiger partial charge is 0.497 e. The highest BCUT2D eigenvalue weighted by atomic mass is 16.5. The van der Waals surface area contributed by atoms with Crippen molar-refractivity contribution in [3.63, 3.8) is 0 Å². The van der Waals surface area contributed by atoms with Crippen LogP contribution >= 0.6 is 0 Å². The predicted molar refractivity (Wildman–Crippen MR) is 80.4 cm³/mol. The number of rotatable bonds is 4. The molecule has 0 radical (unpaired) electrons. The summed E-state index contributed by atoms with van der Waals surface area (Å²) in [5, 5.41) is 2.99. The minimum Gasteiger partial charge on any atom is -0.497 e. The zero-order chi connectivity index (χ0) is 15.2. The SMILES string of the molecule is CCC(=O)NC1CCN(C(=O)c2ccc(OC)cc2)CC1. The maximum absolute atomic E-state index is 12.4. The van der Waals surface area contributed by atoms with Gasteiger partial charge < -0.3 is 15.0 Å². The van der Waals surface area contributed by atoms with Crippen molar-refractivity contribution in [3.05, 3.63) is 29.8 Å². The molecule has 1 aromatic carbocycles. The van der Waals surface area contributed by atoms with E-state index in [0.717, 1.165) is 18.6 Å². The van der Waals surface area contributed by atoms with Crippen molar-refractivity contribution in [2.45, 2.75) is 32.2 Å². The Morgan fingerprint density at radius 3 is 2.38 bits per heavy atom. The molecule has 21 heavy (non-hydrogen) atoms. The van der Waals surface area contributed by atoms with E-state index in [-0.39, 0.29) is 17.9 Å². The molecule has 1 saturated heterocycles. The summed E-state index contributed by atoms with van der Waals surface area (Å²) in [5.41, 5.74) is 0.673. The zero-order valence-corrected chi connectivity index (χ0v) is 12.6. The van der Waals surface area contributed by atoms with E-state index in [1.54, 1.807) is 31.4 Å². The van der Waals surface area contributed by atoms with E-state index in [1.165, 1.54) is 0 Å². The van der Waals surface area contributed by atoms with Crippen molar-refractivity contribution in [2.24, 2.45) is 0 Å². The first-order chi connectivity index (χ1) is 10.1. The lowest BCUT2D eigenvalue weighted by Gasteiger charge is -2.32. The van der Waals surface area contributed by atoms with E-state index in [4.69, 9.17) is 4.74 Å². The molecule has 1 aromatic rings. The van der Waals surface area contributed by atoms with Crippen molar-refractivity contribution in [1.82, 2.24) is 10.2 Å². The van der Waals surface area contributed by atoms with Crippen molar-refractivity contribution >= 4 is 11.8 Å². The number of amides is 2. The molecule has 2 rings (SSSR count). The average molecular weight is 290 g/mol. The molecule has 0 unspecified atom stereocenters. The molecule has 1 N–H and O–H groups in total. The zero-order valence-electron chi connectivity index (χ0n) is 12.6. The maximum Gasteiger partial charge on any atom is 0.253 e. The number of hydrogen-bond donors (Lipinski definition) is 1. The molecule has 1 fully saturated rings. The minimum atomic E-state index is 0.0397. The van der Waals surface area contributed by atoms with E-state index >= 15 is 0 Å². The number of ether oxygens (including phenoxy) is 1. The average Bonchev–Trinajstić information content (AvgIpc) is 2.55. The number of nitrogens with zero attached hydrogens (tertiary/aromatic N) is 1. The van der Waals surface area contributed by atoms with Crippen LogP contribution in [0.3, 0.4) is 0 Å². The Bertz CT molecular complexity index is 491. The van der Waals surface area contributed by atoms with Gasteiger partial charge in [-0.05, 0) is 37.1 Å². The second-order valence-corrected chi connectivity index (χ2v) is 5.22. The Morgan fingerprint density at radius 1 is 1.24 bits per heavy atom. The normalized spacial score (nSPS) is 15.6. The van der Waals surface area contributed by atoms with Gasteiger partial charge in [-0.3, -0.25) is 9.59 Å². The van der Waals surface area contributed by atoms with Gasteiger partial charge in [-0.2, -0.15) is 0 Å². The van der Waals surface area contributed by atoms with Gasteiger partial charge in [-0.15, -0.1) is 0 Å². The van der Waals surface area contributed by atoms with Crippen LogP contribution in [0.25, 0.3) is 0 Å². The molecule has 2 amide bonds. The lowest BCUT2D eigenvalue weighted by atomic mass is 10.0. The van der Waals surface area contributed by atoms with Gasteiger partial charge in [0.25, 0.3) is 5.91 Å². The van der Waals surface area contributed by atoms with Gasteiger partial charge in [0.05, 0.1) is 7.11 Å². The molecule has 0 aromatic heterocycles. The van der Waals surface area contributed by atoms with E-state index < -0.39 is 0 Å². The van der Waals surface area contributed by atoms with Crippen molar-refractivity contribution in [2.75, 3.05) is 20.2 Å². The van der Waals surface area contributed by atoms with Crippen LogP contribution in [0, 0.1) is 0 Å². The molecule has 5 nitrogen and oxygen atoms in total. The second-order valence-electron chi connectivity index (χ2n) is 5.22. The molecule has 1 heterocycles. The monoisotopic (exact) mass is 290 g/mol. The quantitative estimate of drug-likeness (QED) is 0.920. The van der Waals surface area contributed by atoms with E-state index in [0.29, 0.717) is 25.1 Å². The van der Waals surface area contributed by atoms with Gasteiger partial charge in [0.1, 0.15) is 5.75 Å². The Balaban J connectivity index is 1.89. The summed E-state index contributed by atoms with van der Waals surface area (Å²) in [4.78, 5) is 25.6. The van der Waals surface area contributed by atoms with E-state index in [2.05, 4.69) is 5.32 Å². The van der Waals surface area contributed by atoms with Crippen LogP contribution in [0.2, 0.25) is 0 Å². The number of piperidine rings is 1. The molecule has 5 heteroatoms. The molecule has 0 saturated carbocycles. The van der Waals surface area contributed by atoms with E-state index in [1.807, 2.05) is 11.8 Å². The smallest absolute Gasteiger partial charge is 0.253 e. The third-order valence-electron chi connectivity index (χ3n) is 3.81. The first-order valence-corrected chi connectivity index (χ1v) is 7.36. The molecule has 114 valence electrons. The van der Waals surface area contributed by atoms with Gasteiger partial charge in [0.15, 0.2) is 0 Å². The number of likely N-dealkylation sites (tertiary alicyclic amines) is 1. The fourth-order valence-electron chi connectivity index (χ4n) is 2.47. The Hall–Kier alpha value is -2.04. The number of nitrogens with one attached hydrogen (secondary N) is 1. The third-order valence-corrected chi connectivity index (χ3v) is 3.81. The Morgan fingerprint density at radius 2 is 1.86 bits per heavy atom. The first kappa shape index (κ1) is 15.4. The summed E-state index contributed by atoms with van der Waals surface area (Å²) in [7, 11) is 1.60. The molecular weight excluding hydrogens is 268 g/mol. The molecule has 1 aliphatic heterocycles. The fourth-order valence-corrected chi connectivity index (χ4v) is 2.47. The van der Waals surface area contributed by atoms with Crippen molar-refractivity contribution in [1.29, 1.82) is 0 Å². The number of benzene rings is 1. The minimum absolute atomic E-state index is 0.0397. The fraction of sp³-hybridized carbons (Fsp3) is 0.500. The summed E-state index contributed by atoms with van der Waals surface area (Å²) in [6.45, 7) is 3.21. The summed E-state index contributed by atoms with van der Waals surface area (Å²) in [5.74, 6) is 0.861. The van der Waals surface area contributed by atoms with E-state index in [9.17, 15) is 9.59 Å². The number of hydrogen-bond acceptors (Lipinski definition) is 3. The van der Waals surface area contributed by atoms with Gasteiger partial charge in [-0.25, -0.2) is 0 Å². The van der Waals surface area contributed by atoms with Crippen LogP contribution in [0.15, 0.2) is 24.3 Å². The molecule has 0 bridgehead atoms. The molecule has 1 aliphatic rings. The second kappa shape index (κ2) is 7.11. The number of carbonyl (C=O) groups is 2. The third kappa shape index (κ3) is 3.97. The van der Waals surface area contributed by atoms with Crippen LogP contribution < -0.4 is 10.1 Å². The van der Waals surface area contributed by atoms with Gasteiger partial charge in [-0.1, -0.05) is 6.92 Å². The van der Waals surface area contributed by atoms with Crippen molar-refractivity contribution in [3.8, 4) is 5.75 Å². The maximum atomic E-state index is 12.4. The number of carbonyl (C=O) groups excluding carboxylic acids is 2. The van der Waals surface area contributed by atoms with Crippen LogP contribution in [0.1, 0.15) is 36.5 Å². The first-order valence-electron chi connectivity index (χ1n) is 7.36. The standard InChI is InChI=1S/C16H22N2O3/c1-3-15(19)17-13-8-10-18(11-9-13)16(20)12-4-6-14(21-2)7-5-12/h4-7,13H,3,8-11H2,1-2H3,(H,17,19). The summed E-state index contributed by atoms with van der Waals surface area (Å²) >= 11 is 0. The summed E-state index contributed by atoms with van der Waals surface area (Å²) in [6, 6.07) is 7.35. The summed E-state index contributed by atoms with van der Waals surface area (Å²) in [6.07, 6.45) is 2.13. The Kier molecular flexibility index (Phi) is 5.20. The van der Waals surface area contributed by atoms with Gasteiger partial charge in [0, 0.05) is 31.1 Å². The highest BCUT2D eigenvalue weighted by Crippen LogP contribution is 2.16. The van der Waals surface area contributed by atoms with Crippen LogP contribution in [-0.2, 0) is 4.79 Å². The summed E-state index contributed by atoms with van der Waals surface area (Å²) < 4.78 is 5.09. The molecule has 0 atom stereocenters.